The highest BCUT2D eigenvalue weighted by Crippen LogP contribution is 2.34. The SMILES string of the molecule is O=C(O)N1c2ccccc2CC1C=C(c1ccccc1)c1ccccn1. The van der Waals surface area contributed by atoms with Crippen molar-refractivity contribution in [2.75, 3.05) is 4.90 Å². The van der Waals surface area contributed by atoms with E-state index in [1.54, 1.807) is 6.20 Å². The first kappa shape index (κ1) is 16.1. The minimum atomic E-state index is -0.940. The van der Waals surface area contributed by atoms with Crippen LogP contribution in [0.3, 0.4) is 0 Å². The molecule has 1 aliphatic rings. The smallest absolute Gasteiger partial charge is 0.412 e. The molecule has 1 aliphatic heterocycles. The number of pyridine rings is 1. The number of nitrogens with zero attached hydrogens (tertiary/aromatic N) is 2. The van der Waals surface area contributed by atoms with Crippen molar-refractivity contribution >= 4 is 17.4 Å². The summed E-state index contributed by atoms with van der Waals surface area (Å²) in [4.78, 5) is 17.8. The molecule has 1 unspecified atom stereocenters. The third kappa shape index (κ3) is 2.97. The first-order valence-corrected chi connectivity index (χ1v) is 8.53. The number of benzene rings is 2. The van der Waals surface area contributed by atoms with Gasteiger partial charge in [-0.2, -0.15) is 0 Å². The lowest BCUT2D eigenvalue weighted by atomic mass is 9.98. The second-order valence-corrected chi connectivity index (χ2v) is 6.21. The molecule has 4 nitrogen and oxygen atoms in total. The zero-order valence-corrected chi connectivity index (χ0v) is 14.1. The number of hydrogen-bond donors (Lipinski definition) is 1. The highest BCUT2D eigenvalue weighted by atomic mass is 16.4. The zero-order chi connectivity index (χ0) is 17.9. The standard InChI is InChI=1S/C22H18N2O2/c25-22(26)24-18(14-17-10-4-5-12-21(17)24)15-19(16-8-2-1-3-9-16)20-11-6-7-13-23-20/h1-13,15,18H,14H2,(H,25,26). The Labute approximate surface area is 152 Å². The van der Waals surface area contributed by atoms with Crippen LogP contribution in [0, 0.1) is 0 Å². The van der Waals surface area contributed by atoms with Crippen molar-refractivity contribution in [2.24, 2.45) is 0 Å². The van der Waals surface area contributed by atoms with Crippen LogP contribution in [0.25, 0.3) is 5.57 Å². The normalized spacial score (nSPS) is 16.4. The van der Waals surface area contributed by atoms with Crippen molar-refractivity contribution < 1.29 is 9.90 Å². The van der Waals surface area contributed by atoms with Crippen LogP contribution in [0.1, 0.15) is 16.8 Å². The van der Waals surface area contributed by atoms with Gasteiger partial charge in [-0.15, -0.1) is 0 Å². The van der Waals surface area contributed by atoms with Crippen LogP contribution < -0.4 is 4.90 Å². The topological polar surface area (TPSA) is 53.4 Å². The molecule has 0 aliphatic carbocycles. The van der Waals surface area contributed by atoms with E-state index < -0.39 is 6.09 Å². The van der Waals surface area contributed by atoms with E-state index in [0.717, 1.165) is 28.1 Å². The number of rotatable bonds is 3. The fraction of sp³-hybridized carbons (Fsp3) is 0.0909. The second-order valence-electron chi connectivity index (χ2n) is 6.21. The van der Waals surface area contributed by atoms with Gasteiger partial charge in [0.15, 0.2) is 0 Å². The molecule has 1 aromatic heterocycles. The number of para-hydroxylation sites is 1. The molecule has 0 fully saturated rings. The Bertz CT molecular complexity index is 911. The molecule has 2 heterocycles. The van der Waals surface area contributed by atoms with E-state index in [0.29, 0.717) is 6.42 Å². The maximum atomic E-state index is 11.9. The molecule has 0 saturated carbocycles. The molecule has 128 valence electrons. The van der Waals surface area contributed by atoms with Crippen LogP contribution in [-0.4, -0.2) is 22.2 Å². The summed E-state index contributed by atoms with van der Waals surface area (Å²) in [5, 5.41) is 9.77. The summed E-state index contributed by atoms with van der Waals surface area (Å²) >= 11 is 0. The summed E-state index contributed by atoms with van der Waals surface area (Å²) in [6.07, 6.45) is 3.49. The molecule has 0 spiro atoms. The molecule has 3 aromatic rings. The van der Waals surface area contributed by atoms with Gasteiger partial charge in [0.2, 0.25) is 0 Å². The van der Waals surface area contributed by atoms with Crippen LogP contribution in [0.2, 0.25) is 0 Å². The quantitative estimate of drug-likeness (QED) is 0.755. The lowest BCUT2D eigenvalue weighted by Crippen LogP contribution is -2.35. The zero-order valence-electron chi connectivity index (χ0n) is 14.1. The van der Waals surface area contributed by atoms with Gasteiger partial charge < -0.3 is 5.11 Å². The largest absolute Gasteiger partial charge is 0.465 e. The summed E-state index contributed by atoms with van der Waals surface area (Å²) in [6.45, 7) is 0. The van der Waals surface area contributed by atoms with Gasteiger partial charge >= 0.3 is 6.09 Å². The number of amides is 1. The molecule has 4 heteroatoms. The fourth-order valence-corrected chi connectivity index (χ4v) is 3.45. The Kier molecular flexibility index (Phi) is 4.23. The highest BCUT2D eigenvalue weighted by Gasteiger charge is 2.32. The predicted molar refractivity (Wildman–Crippen MR) is 102 cm³/mol. The molecule has 1 atom stereocenters. The predicted octanol–water partition coefficient (Wildman–Crippen LogP) is 4.62. The number of aromatic nitrogens is 1. The Morgan fingerprint density at radius 1 is 1.00 bits per heavy atom. The van der Waals surface area contributed by atoms with E-state index in [4.69, 9.17) is 0 Å². The maximum Gasteiger partial charge on any atom is 0.412 e. The van der Waals surface area contributed by atoms with Gasteiger partial charge in [0.1, 0.15) is 0 Å². The van der Waals surface area contributed by atoms with E-state index >= 15 is 0 Å². The first-order valence-electron chi connectivity index (χ1n) is 8.53. The number of fused-ring (bicyclic) bond motifs is 1. The van der Waals surface area contributed by atoms with Crippen LogP contribution in [-0.2, 0) is 6.42 Å². The molecule has 4 rings (SSSR count). The number of anilines is 1. The van der Waals surface area contributed by atoms with Crippen molar-refractivity contribution in [3.63, 3.8) is 0 Å². The molecular weight excluding hydrogens is 324 g/mol. The summed E-state index contributed by atoms with van der Waals surface area (Å²) in [5.74, 6) is 0. The molecule has 0 saturated heterocycles. The summed E-state index contributed by atoms with van der Waals surface area (Å²) < 4.78 is 0. The van der Waals surface area contributed by atoms with Crippen LogP contribution in [0.15, 0.2) is 85.1 Å². The Hall–Kier alpha value is -3.40. The Morgan fingerprint density at radius 3 is 2.46 bits per heavy atom. The van der Waals surface area contributed by atoms with E-state index in [9.17, 15) is 9.90 Å². The van der Waals surface area contributed by atoms with E-state index in [1.807, 2.05) is 78.9 Å². The van der Waals surface area contributed by atoms with Crippen LogP contribution >= 0.6 is 0 Å². The van der Waals surface area contributed by atoms with Gasteiger partial charge in [0, 0.05) is 11.8 Å². The summed E-state index contributed by atoms with van der Waals surface area (Å²) in [5.41, 5.74) is 4.60. The van der Waals surface area contributed by atoms with Crippen molar-refractivity contribution in [3.05, 3.63) is 102 Å². The van der Waals surface area contributed by atoms with Crippen molar-refractivity contribution in [2.45, 2.75) is 12.5 Å². The van der Waals surface area contributed by atoms with Crippen molar-refractivity contribution in [1.82, 2.24) is 4.98 Å². The summed E-state index contributed by atoms with van der Waals surface area (Å²) in [6, 6.07) is 23.1. The van der Waals surface area contributed by atoms with Gasteiger partial charge in [-0.1, -0.05) is 60.7 Å². The number of carboxylic acid groups (broad SMARTS) is 1. The van der Waals surface area contributed by atoms with E-state index in [2.05, 4.69) is 4.98 Å². The molecule has 2 aromatic carbocycles. The monoisotopic (exact) mass is 342 g/mol. The minimum Gasteiger partial charge on any atom is -0.465 e. The van der Waals surface area contributed by atoms with Gasteiger partial charge in [0.05, 0.1) is 17.4 Å². The molecular formula is C22H18N2O2. The summed E-state index contributed by atoms with van der Waals surface area (Å²) in [7, 11) is 0. The Balaban J connectivity index is 1.82. The van der Waals surface area contributed by atoms with Gasteiger partial charge in [0.25, 0.3) is 0 Å². The van der Waals surface area contributed by atoms with E-state index in [1.165, 1.54) is 4.90 Å². The van der Waals surface area contributed by atoms with Gasteiger partial charge in [-0.25, -0.2) is 4.79 Å². The minimum absolute atomic E-state index is 0.262. The molecule has 1 amide bonds. The lowest BCUT2D eigenvalue weighted by Gasteiger charge is -2.21. The molecule has 0 bridgehead atoms. The van der Waals surface area contributed by atoms with Crippen LogP contribution in [0.5, 0.6) is 0 Å². The number of hydrogen-bond acceptors (Lipinski definition) is 2. The number of carbonyl (C=O) groups is 1. The van der Waals surface area contributed by atoms with Crippen LogP contribution in [0.4, 0.5) is 10.5 Å². The average Bonchev–Trinajstić information content (AvgIpc) is 3.06. The molecule has 1 N–H and O–H groups in total. The maximum absolute atomic E-state index is 11.9. The third-order valence-corrected chi connectivity index (χ3v) is 4.60. The third-order valence-electron chi connectivity index (χ3n) is 4.60. The van der Waals surface area contributed by atoms with Crippen molar-refractivity contribution in [1.29, 1.82) is 0 Å². The Morgan fingerprint density at radius 2 is 1.73 bits per heavy atom. The highest BCUT2D eigenvalue weighted by molar-refractivity contribution is 5.91. The van der Waals surface area contributed by atoms with Gasteiger partial charge in [-0.3, -0.25) is 9.88 Å². The first-order chi connectivity index (χ1) is 12.7. The average molecular weight is 342 g/mol. The van der Waals surface area contributed by atoms with Gasteiger partial charge in [-0.05, 0) is 35.7 Å². The lowest BCUT2D eigenvalue weighted by molar-refractivity contribution is 0.201. The second kappa shape index (κ2) is 6.84. The molecule has 0 radical (unpaired) electrons. The van der Waals surface area contributed by atoms with Crippen molar-refractivity contribution in [3.8, 4) is 0 Å². The van der Waals surface area contributed by atoms with E-state index in [-0.39, 0.29) is 6.04 Å². The molecule has 26 heavy (non-hydrogen) atoms. The fourth-order valence-electron chi connectivity index (χ4n) is 3.45.